The molecular formula is C27H29F3N6O2S. The lowest BCUT2D eigenvalue weighted by atomic mass is 10.1. The Bertz CT molecular complexity index is 1460. The molecule has 1 aromatic carbocycles. The number of halogens is 3. The van der Waals surface area contributed by atoms with Gasteiger partial charge in [-0.15, -0.1) is 0 Å². The molecule has 2 unspecified atom stereocenters. The number of hydrogen-bond acceptors (Lipinski definition) is 7. The lowest BCUT2D eigenvalue weighted by Crippen LogP contribution is -2.39. The van der Waals surface area contributed by atoms with Crippen LogP contribution >= 0.6 is 11.8 Å². The topological polar surface area (TPSA) is 82.9 Å². The number of fused-ring (bicyclic) bond motifs is 2. The number of anilines is 2. The van der Waals surface area contributed by atoms with Gasteiger partial charge in [0.2, 0.25) is 0 Å². The van der Waals surface area contributed by atoms with Crippen LogP contribution in [0.3, 0.4) is 0 Å². The van der Waals surface area contributed by atoms with Crippen molar-refractivity contribution in [3.8, 4) is 17.6 Å². The molecule has 2 aliphatic rings. The van der Waals surface area contributed by atoms with Crippen molar-refractivity contribution in [1.82, 2.24) is 19.6 Å². The normalized spacial score (nSPS) is 20.5. The van der Waals surface area contributed by atoms with Crippen LogP contribution in [0.1, 0.15) is 28.8 Å². The molecule has 1 saturated carbocycles. The van der Waals surface area contributed by atoms with E-state index >= 15 is 0 Å². The van der Waals surface area contributed by atoms with E-state index in [1.807, 2.05) is 0 Å². The Balaban J connectivity index is 1.41. The molecule has 5 rings (SSSR count). The summed E-state index contributed by atoms with van der Waals surface area (Å²) in [5.74, 6) is 7.14. The SMILES string of the molecule is CNC(=O)c1ccc(OC)c(NCC#Cc2cc3c(NC45CCN(C)CC4C5)nccn3c2SC(F)(F)F)c1. The number of ether oxygens (including phenoxy) is 1. The largest absolute Gasteiger partial charge is 0.495 e. The smallest absolute Gasteiger partial charge is 0.447 e. The van der Waals surface area contributed by atoms with Crippen molar-refractivity contribution in [3.05, 3.63) is 47.8 Å². The lowest BCUT2D eigenvalue weighted by molar-refractivity contribution is -0.0329. The highest BCUT2D eigenvalue weighted by atomic mass is 32.2. The van der Waals surface area contributed by atoms with Gasteiger partial charge < -0.3 is 30.0 Å². The van der Waals surface area contributed by atoms with Crippen LogP contribution in [0.2, 0.25) is 0 Å². The van der Waals surface area contributed by atoms with Crippen molar-refractivity contribution in [1.29, 1.82) is 0 Å². The first-order chi connectivity index (χ1) is 18.6. The highest BCUT2D eigenvalue weighted by Gasteiger charge is 2.56. The van der Waals surface area contributed by atoms with Gasteiger partial charge in [0, 0.05) is 55.4 Å². The molecule has 39 heavy (non-hydrogen) atoms. The number of hydrogen-bond donors (Lipinski definition) is 3. The van der Waals surface area contributed by atoms with E-state index in [1.165, 1.54) is 31.0 Å². The molecule has 2 aromatic heterocycles. The van der Waals surface area contributed by atoms with Crippen LogP contribution in [0.25, 0.3) is 5.52 Å². The number of aromatic nitrogens is 2. The maximum atomic E-state index is 13.5. The van der Waals surface area contributed by atoms with Gasteiger partial charge >= 0.3 is 5.51 Å². The number of amides is 1. The van der Waals surface area contributed by atoms with Gasteiger partial charge in [0.25, 0.3) is 5.91 Å². The van der Waals surface area contributed by atoms with Gasteiger partial charge in [0.05, 0.1) is 30.4 Å². The van der Waals surface area contributed by atoms with Crippen LogP contribution < -0.4 is 20.7 Å². The molecule has 8 nitrogen and oxygen atoms in total. The van der Waals surface area contributed by atoms with E-state index in [4.69, 9.17) is 4.74 Å². The van der Waals surface area contributed by atoms with Crippen molar-refractivity contribution in [2.45, 2.75) is 28.9 Å². The number of rotatable bonds is 7. The first kappa shape index (κ1) is 27.0. The van der Waals surface area contributed by atoms with Crippen molar-refractivity contribution >= 4 is 34.7 Å². The Hall–Kier alpha value is -3.56. The molecule has 206 valence electrons. The third kappa shape index (κ3) is 5.74. The van der Waals surface area contributed by atoms with Crippen LogP contribution in [-0.2, 0) is 0 Å². The van der Waals surface area contributed by atoms with Gasteiger partial charge in [0.15, 0.2) is 5.82 Å². The summed E-state index contributed by atoms with van der Waals surface area (Å²) < 4.78 is 47.5. The minimum atomic E-state index is -4.48. The summed E-state index contributed by atoms with van der Waals surface area (Å²) in [6.45, 7) is 2.08. The van der Waals surface area contributed by atoms with Gasteiger partial charge in [0.1, 0.15) is 10.8 Å². The Morgan fingerprint density at radius 3 is 2.87 bits per heavy atom. The van der Waals surface area contributed by atoms with E-state index in [0.717, 1.165) is 25.9 Å². The molecule has 3 heterocycles. The zero-order chi connectivity index (χ0) is 27.8. The summed E-state index contributed by atoms with van der Waals surface area (Å²) in [7, 11) is 5.15. The minimum absolute atomic E-state index is 0.0112. The van der Waals surface area contributed by atoms with E-state index in [-0.39, 0.29) is 40.3 Å². The van der Waals surface area contributed by atoms with Crippen molar-refractivity contribution < 1.29 is 22.7 Å². The third-order valence-electron chi connectivity index (χ3n) is 7.21. The van der Waals surface area contributed by atoms with Crippen molar-refractivity contribution in [2.75, 3.05) is 51.5 Å². The number of alkyl halides is 3. The van der Waals surface area contributed by atoms with Gasteiger partial charge in [-0.05, 0) is 50.1 Å². The Kier molecular flexibility index (Phi) is 7.31. The maximum absolute atomic E-state index is 13.5. The number of piperidine rings is 1. The number of carbonyl (C=O) groups is 1. The summed E-state index contributed by atoms with van der Waals surface area (Å²) in [5, 5.41) is 9.21. The molecule has 0 spiro atoms. The predicted octanol–water partition coefficient (Wildman–Crippen LogP) is 4.28. The van der Waals surface area contributed by atoms with Crippen molar-refractivity contribution in [3.63, 3.8) is 0 Å². The fourth-order valence-electron chi connectivity index (χ4n) is 5.12. The van der Waals surface area contributed by atoms with Crippen LogP contribution in [0.5, 0.6) is 5.75 Å². The van der Waals surface area contributed by atoms with Crippen molar-refractivity contribution in [2.24, 2.45) is 5.92 Å². The van der Waals surface area contributed by atoms with Crippen LogP contribution in [-0.4, -0.2) is 72.1 Å². The molecule has 0 bridgehead atoms. The molecule has 2 fully saturated rings. The molecule has 0 radical (unpaired) electrons. The summed E-state index contributed by atoms with van der Waals surface area (Å²) in [6, 6.07) is 6.59. The fourth-order valence-corrected chi connectivity index (χ4v) is 5.82. The van der Waals surface area contributed by atoms with Gasteiger partial charge in [-0.2, -0.15) is 13.2 Å². The Morgan fingerprint density at radius 2 is 2.15 bits per heavy atom. The molecule has 2 atom stereocenters. The van der Waals surface area contributed by atoms with E-state index in [9.17, 15) is 18.0 Å². The van der Waals surface area contributed by atoms with Gasteiger partial charge in [-0.3, -0.25) is 4.79 Å². The summed E-state index contributed by atoms with van der Waals surface area (Å²) in [4.78, 5) is 18.8. The number of methoxy groups -OCH3 is 1. The fraction of sp³-hybridized carbons (Fsp3) is 0.407. The van der Waals surface area contributed by atoms with Gasteiger partial charge in [-0.1, -0.05) is 11.8 Å². The van der Waals surface area contributed by atoms with E-state index in [2.05, 4.69) is 44.7 Å². The summed E-state index contributed by atoms with van der Waals surface area (Å²) in [5.41, 5.74) is -2.74. The third-order valence-corrected chi connectivity index (χ3v) is 8.06. The average Bonchev–Trinajstić information content (AvgIpc) is 3.50. The predicted molar refractivity (Wildman–Crippen MR) is 145 cm³/mol. The lowest BCUT2D eigenvalue weighted by Gasteiger charge is -2.30. The second-order valence-electron chi connectivity index (χ2n) is 9.79. The van der Waals surface area contributed by atoms with Crippen LogP contribution in [0, 0.1) is 17.8 Å². The number of benzene rings is 1. The first-order valence-electron chi connectivity index (χ1n) is 12.5. The van der Waals surface area contributed by atoms with E-state index in [1.54, 1.807) is 24.3 Å². The molecule has 1 aliphatic carbocycles. The highest BCUT2D eigenvalue weighted by Crippen LogP contribution is 2.51. The second kappa shape index (κ2) is 10.5. The molecular weight excluding hydrogens is 529 g/mol. The Morgan fingerprint density at radius 1 is 1.33 bits per heavy atom. The number of likely N-dealkylation sites (tertiary alicyclic amines) is 1. The van der Waals surface area contributed by atoms with Crippen LogP contribution in [0.4, 0.5) is 24.7 Å². The molecule has 1 saturated heterocycles. The Labute approximate surface area is 228 Å². The summed E-state index contributed by atoms with van der Waals surface area (Å²) in [6.07, 6.45) is 5.03. The highest BCUT2D eigenvalue weighted by molar-refractivity contribution is 8.00. The van der Waals surface area contributed by atoms with E-state index < -0.39 is 5.51 Å². The average molecular weight is 559 g/mol. The van der Waals surface area contributed by atoms with Crippen LogP contribution in [0.15, 0.2) is 41.7 Å². The minimum Gasteiger partial charge on any atom is -0.495 e. The molecule has 12 heteroatoms. The molecule has 3 aromatic rings. The zero-order valence-corrected chi connectivity index (χ0v) is 22.6. The van der Waals surface area contributed by atoms with Gasteiger partial charge in [-0.25, -0.2) is 4.98 Å². The number of nitrogens with zero attached hydrogens (tertiary/aromatic N) is 3. The van der Waals surface area contributed by atoms with E-state index in [0.29, 0.717) is 34.3 Å². The zero-order valence-electron chi connectivity index (χ0n) is 21.8. The maximum Gasteiger partial charge on any atom is 0.447 e. The molecule has 1 amide bonds. The molecule has 1 aliphatic heterocycles. The number of carbonyl (C=O) groups excluding carboxylic acids is 1. The first-order valence-corrected chi connectivity index (χ1v) is 13.3. The summed E-state index contributed by atoms with van der Waals surface area (Å²) >= 11 is -0.190. The molecule has 3 N–H and O–H groups in total. The monoisotopic (exact) mass is 558 g/mol. The number of thioether (sulfide) groups is 1. The standard InChI is InChI=1S/C27H29F3N6O2S/c1-31-24(37)17-6-7-22(38-3)20(13-17)32-9-4-5-18-14-21-23(34-26-8-11-35(2)16-19(26)15-26)33-10-12-36(21)25(18)39-27(28,29)30/h6-7,10,12-14,19,32H,8-9,11,15-16H2,1-3H3,(H,31,37)(H,33,34). The number of nitrogens with one attached hydrogen (secondary N) is 3. The quantitative estimate of drug-likeness (QED) is 0.295. The second-order valence-corrected chi connectivity index (χ2v) is 10.8.